The molecule has 0 bridgehead atoms. The van der Waals surface area contributed by atoms with Crippen molar-refractivity contribution in [2.75, 3.05) is 33.3 Å². The molecule has 0 aliphatic carbocycles. The Labute approximate surface area is 136 Å². The number of ether oxygens (including phenoxy) is 1. The van der Waals surface area contributed by atoms with Gasteiger partial charge in [0.2, 0.25) is 11.8 Å². The molecule has 1 atom stereocenters. The lowest BCUT2D eigenvalue weighted by atomic mass is 10.2. The molecule has 2 rings (SSSR count). The summed E-state index contributed by atoms with van der Waals surface area (Å²) in [6.45, 7) is 2.13. The molecule has 7 nitrogen and oxygen atoms in total. The van der Waals surface area contributed by atoms with E-state index in [1.165, 1.54) is 0 Å². The molecule has 1 aromatic heterocycles. The molecule has 1 fully saturated rings. The van der Waals surface area contributed by atoms with Crippen LogP contribution in [0.1, 0.15) is 18.4 Å². The summed E-state index contributed by atoms with van der Waals surface area (Å²) in [5.74, 6) is -0.326. The average molecular weight is 320 g/mol. The molecule has 0 aromatic carbocycles. The Morgan fingerprint density at radius 2 is 2.30 bits per heavy atom. The number of rotatable bonds is 8. The summed E-state index contributed by atoms with van der Waals surface area (Å²) in [5, 5.41) is 5.68. The zero-order valence-electron chi connectivity index (χ0n) is 13.5. The van der Waals surface area contributed by atoms with E-state index in [0.29, 0.717) is 13.1 Å². The Bertz CT molecular complexity index is 503. The summed E-state index contributed by atoms with van der Waals surface area (Å²) in [4.78, 5) is 29.3. The molecule has 2 heterocycles. The second-order valence-electron chi connectivity index (χ2n) is 5.65. The first kappa shape index (κ1) is 17.4. The van der Waals surface area contributed by atoms with E-state index in [1.54, 1.807) is 24.3 Å². The quantitative estimate of drug-likeness (QED) is 0.700. The molecule has 1 saturated heterocycles. The molecular weight excluding hydrogens is 296 g/mol. The zero-order valence-corrected chi connectivity index (χ0v) is 13.5. The van der Waals surface area contributed by atoms with Crippen molar-refractivity contribution in [2.45, 2.75) is 25.5 Å². The van der Waals surface area contributed by atoms with Gasteiger partial charge in [-0.25, -0.2) is 0 Å². The maximum absolute atomic E-state index is 12.0. The number of likely N-dealkylation sites (N-methyl/N-ethyl adjacent to an activating group) is 1. The minimum absolute atomic E-state index is 0.00277. The van der Waals surface area contributed by atoms with Crippen molar-refractivity contribution < 1.29 is 14.3 Å². The fourth-order valence-corrected chi connectivity index (χ4v) is 2.38. The lowest BCUT2D eigenvalue weighted by molar-refractivity contribution is -0.132. The Morgan fingerprint density at radius 3 is 3.00 bits per heavy atom. The van der Waals surface area contributed by atoms with Gasteiger partial charge in [0, 0.05) is 39.1 Å². The molecule has 0 spiro atoms. The highest BCUT2D eigenvalue weighted by Crippen LogP contribution is 2.10. The first-order valence-corrected chi connectivity index (χ1v) is 7.87. The summed E-state index contributed by atoms with van der Waals surface area (Å²) in [7, 11) is 1.71. The van der Waals surface area contributed by atoms with Gasteiger partial charge in [0.05, 0.1) is 19.2 Å². The average Bonchev–Trinajstić information content (AvgIpc) is 3.07. The standard InChI is InChI=1S/C16H24N4O3/c1-20(12-13-4-2-6-17-8-13)16(22)11-19-15(21)10-18-9-14-5-3-7-23-14/h2,4,6,8,14,18H,3,5,7,9-12H2,1H3,(H,19,21)/t14-/m1/s1. The van der Waals surface area contributed by atoms with E-state index in [9.17, 15) is 9.59 Å². The van der Waals surface area contributed by atoms with Crippen LogP contribution in [0, 0.1) is 0 Å². The van der Waals surface area contributed by atoms with Crippen molar-refractivity contribution in [2.24, 2.45) is 0 Å². The van der Waals surface area contributed by atoms with Gasteiger partial charge < -0.3 is 20.3 Å². The zero-order chi connectivity index (χ0) is 16.5. The van der Waals surface area contributed by atoms with E-state index in [1.807, 2.05) is 12.1 Å². The molecule has 23 heavy (non-hydrogen) atoms. The lowest BCUT2D eigenvalue weighted by Gasteiger charge is -2.17. The Kier molecular flexibility index (Phi) is 6.96. The number of amides is 2. The van der Waals surface area contributed by atoms with Crippen molar-refractivity contribution in [3.8, 4) is 0 Å². The highest BCUT2D eigenvalue weighted by molar-refractivity contribution is 5.85. The molecule has 2 amide bonds. The van der Waals surface area contributed by atoms with Crippen LogP contribution in [0.4, 0.5) is 0 Å². The maximum atomic E-state index is 12.0. The van der Waals surface area contributed by atoms with Crippen molar-refractivity contribution in [3.05, 3.63) is 30.1 Å². The summed E-state index contributed by atoms with van der Waals surface area (Å²) in [5.41, 5.74) is 0.952. The summed E-state index contributed by atoms with van der Waals surface area (Å²) in [6.07, 6.45) is 5.73. The number of hydrogen-bond acceptors (Lipinski definition) is 5. The van der Waals surface area contributed by atoms with Crippen molar-refractivity contribution in [1.29, 1.82) is 0 Å². The van der Waals surface area contributed by atoms with E-state index in [2.05, 4.69) is 15.6 Å². The van der Waals surface area contributed by atoms with Gasteiger partial charge in [-0.05, 0) is 24.5 Å². The summed E-state index contributed by atoms with van der Waals surface area (Å²) in [6, 6.07) is 3.74. The number of pyridine rings is 1. The maximum Gasteiger partial charge on any atom is 0.242 e. The van der Waals surface area contributed by atoms with Crippen LogP contribution in [0.15, 0.2) is 24.5 Å². The molecule has 7 heteroatoms. The molecule has 0 unspecified atom stereocenters. The Morgan fingerprint density at radius 1 is 1.43 bits per heavy atom. The van der Waals surface area contributed by atoms with Crippen LogP contribution in [-0.4, -0.2) is 61.1 Å². The largest absolute Gasteiger partial charge is 0.377 e. The van der Waals surface area contributed by atoms with Gasteiger partial charge in [-0.3, -0.25) is 14.6 Å². The minimum atomic E-state index is -0.189. The fourth-order valence-electron chi connectivity index (χ4n) is 2.38. The summed E-state index contributed by atoms with van der Waals surface area (Å²) >= 11 is 0. The molecule has 2 N–H and O–H groups in total. The second kappa shape index (κ2) is 9.22. The molecule has 0 radical (unpaired) electrons. The number of hydrogen-bond donors (Lipinski definition) is 2. The second-order valence-corrected chi connectivity index (χ2v) is 5.65. The fraction of sp³-hybridized carbons (Fsp3) is 0.562. The third kappa shape index (κ3) is 6.33. The number of aromatic nitrogens is 1. The van der Waals surface area contributed by atoms with Gasteiger partial charge >= 0.3 is 0 Å². The van der Waals surface area contributed by atoms with Gasteiger partial charge in [-0.15, -0.1) is 0 Å². The van der Waals surface area contributed by atoms with Crippen LogP contribution in [0.2, 0.25) is 0 Å². The first-order valence-electron chi connectivity index (χ1n) is 7.87. The normalized spacial score (nSPS) is 17.0. The summed E-state index contributed by atoms with van der Waals surface area (Å²) < 4.78 is 5.46. The highest BCUT2D eigenvalue weighted by atomic mass is 16.5. The van der Waals surface area contributed by atoms with Gasteiger partial charge in [0.25, 0.3) is 0 Å². The topological polar surface area (TPSA) is 83.6 Å². The third-order valence-corrected chi connectivity index (χ3v) is 3.69. The van der Waals surface area contributed by atoms with Gasteiger partial charge in [-0.2, -0.15) is 0 Å². The molecule has 0 saturated carbocycles. The van der Waals surface area contributed by atoms with Gasteiger partial charge in [-0.1, -0.05) is 6.07 Å². The Balaban J connectivity index is 1.60. The van der Waals surface area contributed by atoms with Crippen LogP contribution in [-0.2, 0) is 20.9 Å². The lowest BCUT2D eigenvalue weighted by Crippen LogP contribution is -2.42. The van der Waals surface area contributed by atoms with Crippen molar-refractivity contribution in [3.63, 3.8) is 0 Å². The first-order chi connectivity index (χ1) is 11.1. The predicted molar refractivity (Wildman–Crippen MR) is 85.6 cm³/mol. The minimum Gasteiger partial charge on any atom is -0.377 e. The van der Waals surface area contributed by atoms with Gasteiger partial charge in [0.1, 0.15) is 0 Å². The van der Waals surface area contributed by atoms with Gasteiger partial charge in [0.15, 0.2) is 0 Å². The van der Waals surface area contributed by atoms with Crippen molar-refractivity contribution in [1.82, 2.24) is 20.5 Å². The number of nitrogens with zero attached hydrogens (tertiary/aromatic N) is 2. The van der Waals surface area contributed by atoms with Crippen LogP contribution in [0.5, 0.6) is 0 Å². The number of carbonyl (C=O) groups excluding carboxylic acids is 2. The smallest absolute Gasteiger partial charge is 0.242 e. The number of nitrogens with one attached hydrogen (secondary N) is 2. The highest BCUT2D eigenvalue weighted by Gasteiger charge is 2.15. The SMILES string of the molecule is CN(Cc1cccnc1)C(=O)CNC(=O)CNC[C@H]1CCCO1. The van der Waals surface area contributed by atoms with E-state index in [4.69, 9.17) is 4.74 Å². The number of carbonyl (C=O) groups is 2. The van der Waals surface area contributed by atoms with E-state index in [-0.39, 0.29) is 31.0 Å². The van der Waals surface area contributed by atoms with E-state index in [0.717, 1.165) is 25.0 Å². The molecule has 1 aliphatic heterocycles. The van der Waals surface area contributed by atoms with Crippen molar-refractivity contribution >= 4 is 11.8 Å². The molecule has 1 aromatic rings. The molecule has 126 valence electrons. The van der Waals surface area contributed by atoms with Crippen LogP contribution < -0.4 is 10.6 Å². The predicted octanol–water partition coefficient (Wildman–Crippen LogP) is -0.0752. The molecule has 1 aliphatic rings. The molecular formula is C16H24N4O3. The van der Waals surface area contributed by atoms with E-state index < -0.39 is 0 Å². The van der Waals surface area contributed by atoms with Crippen LogP contribution in [0.3, 0.4) is 0 Å². The van der Waals surface area contributed by atoms with Crippen LogP contribution >= 0.6 is 0 Å². The third-order valence-electron chi connectivity index (χ3n) is 3.69. The monoisotopic (exact) mass is 320 g/mol. The van der Waals surface area contributed by atoms with E-state index >= 15 is 0 Å². The van der Waals surface area contributed by atoms with Crippen LogP contribution in [0.25, 0.3) is 0 Å². The Hall–Kier alpha value is -1.99.